The third-order valence-electron chi connectivity index (χ3n) is 3.76. The summed E-state index contributed by atoms with van der Waals surface area (Å²) < 4.78 is 0. The molecule has 1 aromatic heterocycles. The Balaban J connectivity index is 1.91. The Hall–Kier alpha value is -1.22. The van der Waals surface area contributed by atoms with Crippen LogP contribution in [0.15, 0.2) is 24.5 Å². The largest absolute Gasteiger partial charge is 0.301 e. The van der Waals surface area contributed by atoms with E-state index in [0.717, 1.165) is 12.1 Å². The minimum Gasteiger partial charge on any atom is -0.301 e. The van der Waals surface area contributed by atoms with Crippen LogP contribution < -0.4 is 0 Å². The van der Waals surface area contributed by atoms with Gasteiger partial charge in [0.25, 0.3) is 0 Å². The number of hydrogen-bond donors (Lipinski definition) is 0. The van der Waals surface area contributed by atoms with Crippen LogP contribution in [0.1, 0.15) is 43.5 Å². The van der Waals surface area contributed by atoms with E-state index in [2.05, 4.69) is 23.7 Å². The summed E-state index contributed by atoms with van der Waals surface area (Å²) >= 11 is 0. The van der Waals surface area contributed by atoms with Gasteiger partial charge in [0.1, 0.15) is 0 Å². The van der Waals surface area contributed by atoms with Gasteiger partial charge >= 0.3 is 0 Å². The third-order valence-corrected chi connectivity index (χ3v) is 3.76. The molecule has 1 aliphatic heterocycles. The van der Waals surface area contributed by atoms with E-state index < -0.39 is 0 Å². The summed E-state index contributed by atoms with van der Waals surface area (Å²) in [5.41, 5.74) is 0.798. The van der Waals surface area contributed by atoms with Crippen molar-refractivity contribution < 1.29 is 4.79 Å². The maximum absolute atomic E-state index is 12.1. The van der Waals surface area contributed by atoms with Crippen LogP contribution in [0.25, 0.3) is 0 Å². The maximum Gasteiger partial charge on any atom is 0.163 e. The minimum atomic E-state index is 0.257. The number of carbonyl (C=O) groups excluding carboxylic acids is 1. The molecular formula is C15H22N2O. The van der Waals surface area contributed by atoms with Gasteiger partial charge in [0, 0.05) is 37.0 Å². The smallest absolute Gasteiger partial charge is 0.163 e. The van der Waals surface area contributed by atoms with E-state index in [1.165, 1.54) is 19.4 Å². The molecule has 1 saturated heterocycles. The van der Waals surface area contributed by atoms with Gasteiger partial charge in [0.15, 0.2) is 5.78 Å². The van der Waals surface area contributed by atoms with Crippen LogP contribution in [0.4, 0.5) is 0 Å². The number of piperidine rings is 1. The second kappa shape index (κ2) is 6.10. The number of ketones is 1. The molecule has 0 amide bonds. The fourth-order valence-electron chi connectivity index (χ4n) is 2.65. The Morgan fingerprint density at radius 2 is 2.17 bits per heavy atom. The average molecular weight is 246 g/mol. The Bertz CT molecular complexity index is 389. The molecule has 0 bridgehead atoms. The molecule has 98 valence electrons. The number of nitrogens with zero attached hydrogens (tertiary/aromatic N) is 2. The molecule has 0 spiro atoms. The number of Topliss-reactive ketones (excluding diaryl/α,β-unsaturated/α-hetero) is 1. The van der Waals surface area contributed by atoms with Crippen LogP contribution in [0.2, 0.25) is 0 Å². The summed E-state index contributed by atoms with van der Waals surface area (Å²) in [5, 5.41) is 0. The molecule has 1 aromatic rings. The lowest BCUT2D eigenvalue weighted by Gasteiger charge is -2.35. The Kier molecular flexibility index (Phi) is 4.48. The summed E-state index contributed by atoms with van der Waals surface area (Å²) in [6, 6.07) is 4.21. The first-order valence-corrected chi connectivity index (χ1v) is 6.84. The molecular weight excluding hydrogens is 224 g/mol. The van der Waals surface area contributed by atoms with Crippen LogP contribution in [0.5, 0.6) is 0 Å². The van der Waals surface area contributed by atoms with E-state index in [0.29, 0.717) is 18.4 Å². The zero-order valence-electron chi connectivity index (χ0n) is 11.3. The first-order valence-electron chi connectivity index (χ1n) is 6.84. The number of aromatic nitrogens is 1. The first-order chi connectivity index (χ1) is 8.66. The highest BCUT2D eigenvalue weighted by atomic mass is 16.1. The van der Waals surface area contributed by atoms with Gasteiger partial charge in [-0.3, -0.25) is 9.78 Å². The second-order valence-electron chi connectivity index (χ2n) is 5.46. The van der Waals surface area contributed by atoms with Crippen LogP contribution in [-0.2, 0) is 0 Å². The first kappa shape index (κ1) is 13.2. The van der Waals surface area contributed by atoms with Gasteiger partial charge in [-0.2, -0.15) is 0 Å². The lowest BCUT2D eigenvalue weighted by molar-refractivity contribution is 0.0890. The summed E-state index contributed by atoms with van der Waals surface area (Å²) in [7, 11) is 0. The average Bonchev–Trinajstić information content (AvgIpc) is 2.40. The zero-order valence-corrected chi connectivity index (χ0v) is 11.3. The third kappa shape index (κ3) is 3.39. The number of carbonyl (C=O) groups is 1. The summed E-state index contributed by atoms with van der Waals surface area (Å²) in [5.74, 6) is 0.773. The maximum atomic E-state index is 12.1. The fourth-order valence-corrected chi connectivity index (χ4v) is 2.65. The van der Waals surface area contributed by atoms with E-state index in [-0.39, 0.29) is 5.78 Å². The van der Waals surface area contributed by atoms with Crippen molar-refractivity contribution in [3.8, 4) is 0 Å². The Morgan fingerprint density at radius 3 is 2.83 bits per heavy atom. The van der Waals surface area contributed by atoms with Crippen LogP contribution in [0, 0.1) is 5.92 Å². The molecule has 18 heavy (non-hydrogen) atoms. The van der Waals surface area contributed by atoms with Crippen molar-refractivity contribution in [2.75, 3.05) is 13.1 Å². The summed E-state index contributed by atoms with van der Waals surface area (Å²) in [6.07, 6.45) is 6.45. The predicted octanol–water partition coefficient (Wildman–Crippen LogP) is 2.77. The summed E-state index contributed by atoms with van der Waals surface area (Å²) in [6.45, 7) is 6.70. The van der Waals surface area contributed by atoms with Crippen molar-refractivity contribution in [2.45, 2.75) is 39.2 Å². The minimum absolute atomic E-state index is 0.257. The van der Waals surface area contributed by atoms with Gasteiger partial charge in [-0.1, -0.05) is 0 Å². The lowest BCUT2D eigenvalue weighted by Crippen LogP contribution is -2.40. The fraction of sp³-hybridized carbons (Fsp3) is 0.600. The van der Waals surface area contributed by atoms with E-state index in [1.807, 2.05) is 12.1 Å². The number of likely N-dealkylation sites (tertiary alicyclic amines) is 1. The molecule has 1 fully saturated rings. The quantitative estimate of drug-likeness (QED) is 0.766. The van der Waals surface area contributed by atoms with Crippen molar-refractivity contribution in [1.29, 1.82) is 0 Å². The Labute approximate surface area is 109 Å². The molecule has 2 rings (SSSR count). The highest BCUT2D eigenvalue weighted by Gasteiger charge is 2.23. The molecule has 3 heteroatoms. The molecule has 0 N–H and O–H groups in total. The molecule has 1 atom stereocenters. The van der Waals surface area contributed by atoms with Crippen LogP contribution in [0.3, 0.4) is 0 Å². The molecule has 0 saturated carbocycles. The normalized spacial score (nSPS) is 21.2. The van der Waals surface area contributed by atoms with Crippen molar-refractivity contribution in [3.05, 3.63) is 30.1 Å². The lowest BCUT2D eigenvalue weighted by atomic mass is 9.90. The molecule has 3 nitrogen and oxygen atoms in total. The Morgan fingerprint density at radius 1 is 1.44 bits per heavy atom. The SMILES string of the molecule is CC(C)N1CCC[C@@H](CC(=O)c2ccncc2)C1. The van der Waals surface area contributed by atoms with Crippen LogP contribution >= 0.6 is 0 Å². The van der Waals surface area contributed by atoms with Gasteiger partial charge in [-0.15, -0.1) is 0 Å². The van der Waals surface area contributed by atoms with Gasteiger partial charge in [0.05, 0.1) is 0 Å². The number of hydrogen-bond acceptors (Lipinski definition) is 3. The van der Waals surface area contributed by atoms with Gasteiger partial charge < -0.3 is 4.90 Å². The summed E-state index contributed by atoms with van der Waals surface area (Å²) in [4.78, 5) is 18.6. The molecule has 2 heterocycles. The molecule has 0 aromatic carbocycles. The second-order valence-corrected chi connectivity index (χ2v) is 5.46. The standard InChI is InChI=1S/C15H22N2O/c1-12(2)17-9-3-4-13(11-17)10-15(18)14-5-7-16-8-6-14/h5-8,12-13H,3-4,9-11H2,1-2H3/t13-/m0/s1. The topological polar surface area (TPSA) is 33.2 Å². The predicted molar refractivity (Wildman–Crippen MR) is 72.6 cm³/mol. The molecule has 0 unspecified atom stereocenters. The highest BCUT2D eigenvalue weighted by Crippen LogP contribution is 2.22. The molecule has 0 radical (unpaired) electrons. The van der Waals surface area contributed by atoms with E-state index in [1.54, 1.807) is 12.4 Å². The molecule has 0 aliphatic carbocycles. The van der Waals surface area contributed by atoms with E-state index in [4.69, 9.17) is 0 Å². The van der Waals surface area contributed by atoms with Gasteiger partial charge in [-0.25, -0.2) is 0 Å². The van der Waals surface area contributed by atoms with Crippen molar-refractivity contribution in [1.82, 2.24) is 9.88 Å². The number of pyridine rings is 1. The molecule has 1 aliphatic rings. The van der Waals surface area contributed by atoms with E-state index >= 15 is 0 Å². The van der Waals surface area contributed by atoms with Gasteiger partial charge in [-0.05, 0) is 51.3 Å². The monoisotopic (exact) mass is 246 g/mol. The van der Waals surface area contributed by atoms with E-state index in [9.17, 15) is 4.79 Å². The van der Waals surface area contributed by atoms with Crippen molar-refractivity contribution >= 4 is 5.78 Å². The highest BCUT2D eigenvalue weighted by molar-refractivity contribution is 5.96. The van der Waals surface area contributed by atoms with Crippen molar-refractivity contribution in [2.24, 2.45) is 5.92 Å². The van der Waals surface area contributed by atoms with Crippen molar-refractivity contribution in [3.63, 3.8) is 0 Å². The van der Waals surface area contributed by atoms with Crippen LogP contribution in [-0.4, -0.2) is 34.8 Å². The number of rotatable bonds is 4. The van der Waals surface area contributed by atoms with Gasteiger partial charge in [0.2, 0.25) is 0 Å². The zero-order chi connectivity index (χ0) is 13.0.